The van der Waals surface area contributed by atoms with Crippen LogP contribution < -0.4 is 27.0 Å². The lowest BCUT2D eigenvalue weighted by Gasteiger charge is -2.25. The van der Waals surface area contributed by atoms with Crippen molar-refractivity contribution < 1.29 is 24.3 Å². The maximum Gasteiger partial charge on any atom is 0.243 e. The molecule has 1 fully saturated rings. The van der Waals surface area contributed by atoms with E-state index in [9.17, 15) is 24.3 Å². The molecule has 0 aromatic heterocycles. The average molecular weight is 510 g/mol. The molecule has 0 radical (unpaired) electrons. The molecule has 1 aliphatic heterocycles. The van der Waals surface area contributed by atoms with Gasteiger partial charge in [0.2, 0.25) is 23.6 Å². The summed E-state index contributed by atoms with van der Waals surface area (Å²) in [7, 11) is 0. The molecule has 0 aliphatic carbocycles. The molecule has 7 N–H and O–H groups in total. The van der Waals surface area contributed by atoms with Crippen molar-refractivity contribution in [1.29, 1.82) is 0 Å². The Hall–Kier alpha value is -3.92. The van der Waals surface area contributed by atoms with Crippen molar-refractivity contribution >= 4 is 23.6 Å². The van der Waals surface area contributed by atoms with Crippen LogP contribution in [0.2, 0.25) is 0 Å². The summed E-state index contributed by atoms with van der Waals surface area (Å²) in [6.07, 6.45) is 2.13. The summed E-state index contributed by atoms with van der Waals surface area (Å²) in [4.78, 5) is 51.1. The van der Waals surface area contributed by atoms with Gasteiger partial charge >= 0.3 is 0 Å². The van der Waals surface area contributed by atoms with Gasteiger partial charge < -0.3 is 32.1 Å². The number of carbonyl (C=O) groups is 4. The van der Waals surface area contributed by atoms with E-state index in [0.717, 1.165) is 11.1 Å². The number of amides is 4. The van der Waals surface area contributed by atoms with Gasteiger partial charge in [0.05, 0.1) is 6.04 Å². The zero-order chi connectivity index (χ0) is 26.6. The first-order chi connectivity index (χ1) is 17.8. The summed E-state index contributed by atoms with van der Waals surface area (Å²) in [6, 6.07) is 13.0. The lowest BCUT2D eigenvalue weighted by Crippen LogP contribution is -2.56. The summed E-state index contributed by atoms with van der Waals surface area (Å²) >= 11 is 0. The zero-order valence-electron chi connectivity index (χ0n) is 20.7. The molecule has 4 amide bonds. The second-order valence-electron chi connectivity index (χ2n) is 9.18. The summed E-state index contributed by atoms with van der Waals surface area (Å²) in [5.41, 5.74) is 7.75. The second kappa shape index (κ2) is 14.0. The maximum atomic E-state index is 13.3. The number of phenolic OH excluding ortho intramolecular Hbond substituents is 1. The topological polar surface area (TPSA) is 163 Å². The third-order valence-electron chi connectivity index (χ3n) is 6.17. The van der Waals surface area contributed by atoms with Crippen molar-refractivity contribution in [3.8, 4) is 5.75 Å². The van der Waals surface area contributed by atoms with E-state index in [2.05, 4.69) is 21.3 Å². The van der Waals surface area contributed by atoms with E-state index in [1.165, 1.54) is 12.1 Å². The molecule has 2 aromatic carbocycles. The van der Waals surface area contributed by atoms with Crippen LogP contribution in [0.25, 0.3) is 0 Å². The van der Waals surface area contributed by atoms with E-state index in [-0.39, 0.29) is 31.0 Å². The Morgan fingerprint density at radius 1 is 0.946 bits per heavy atom. The molecule has 37 heavy (non-hydrogen) atoms. The third kappa shape index (κ3) is 9.23. The highest BCUT2D eigenvalue weighted by atomic mass is 16.3. The van der Waals surface area contributed by atoms with E-state index in [0.29, 0.717) is 32.2 Å². The smallest absolute Gasteiger partial charge is 0.243 e. The number of carbonyl (C=O) groups excluding carboxylic acids is 4. The Labute approximate surface area is 216 Å². The normalized spacial score (nSPS) is 20.5. The number of rotatable bonds is 6. The first-order valence-corrected chi connectivity index (χ1v) is 12.5. The van der Waals surface area contributed by atoms with Gasteiger partial charge in [-0.25, -0.2) is 0 Å². The molecule has 1 heterocycles. The van der Waals surface area contributed by atoms with E-state index in [4.69, 9.17) is 5.73 Å². The lowest BCUT2D eigenvalue weighted by molar-refractivity contribution is -0.132. The van der Waals surface area contributed by atoms with Crippen LogP contribution in [0.5, 0.6) is 5.75 Å². The molecule has 3 rings (SSSR count). The summed E-state index contributed by atoms with van der Waals surface area (Å²) in [5, 5.41) is 20.6. The number of phenols is 1. The van der Waals surface area contributed by atoms with Crippen LogP contribution in [0, 0.1) is 0 Å². The molecular formula is C27H35N5O5. The number of nitrogens with two attached hydrogens (primary N) is 1. The zero-order valence-corrected chi connectivity index (χ0v) is 20.7. The van der Waals surface area contributed by atoms with Gasteiger partial charge in [0.25, 0.3) is 0 Å². The lowest BCUT2D eigenvalue weighted by atomic mass is 10.0. The average Bonchev–Trinajstić information content (AvgIpc) is 2.88. The van der Waals surface area contributed by atoms with Crippen LogP contribution >= 0.6 is 0 Å². The fourth-order valence-electron chi connectivity index (χ4n) is 4.07. The van der Waals surface area contributed by atoms with Crippen molar-refractivity contribution in [2.45, 2.75) is 56.7 Å². The first kappa shape index (κ1) is 27.7. The van der Waals surface area contributed by atoms with Crippen LogP contribution in [0.4, 0.5) is 0 Å². The van der Waals surface area contributed by atoms with Crippen molar-refractivity contribution in [1.82, 2.24) is 21.3 Å². The first-order valence-electron chi connectivity index (χ1n) is 12.5. The Bertz CT molecular complexity index is 1060. The second-order valence-corrected chi connectivity index (χ2v) is 9.18. The number of hydrogen-bond donors (Lipinski definition) is 6. The van der Waals surface area contributed by atoms with Gasteiger partial charge in [0.15, 0.2) is 0 Å². The van der Waals surface area contributed by atoms with E-state index in [1.807, 2.05) is 30.3 Å². The summed E-state index contributed by atoms with van der Waals surface area (Å²) in [5.74, 6) is -1.48. The molecule has 2 aromatic rings. The Kier molecular flexibility index (Phi) is 10.5. The van der Waals surface area contributed by atoms with Gasteiger partial charge in [-0.3, -0.25) is 19.2 Å². The fraction of sp³-hybridized carbons (Fsp3) is 0.407. The van der Waals surface area contributed by atoms with Crippen LogP contribution in [0.1, 0.15) is 36.8 Å². The molecular weight excluding hydrogens is 474 g/mol. The standard InChI is InChI=1S/C27H35N5O5/c28-21(16-18-6-2-1-3-7-18)25(35)31-22-8-4-5-14-29-24(34)13-15-30-26(36)23(32-27(22)37)17-19-9-11-20(33)12-10-19/h1-3,6-7,9-12,21-23,33H,4-5,8,13-17,28H2,(H,29,34)(H,30,36)(H,31,35)(H,32,37)/t21-,22-,23-/m0/s1. The largest absolute Gasteiger partial charge is 0.508 e. The Morgan fingerprint density at radius 3 is 2.41 bits per heavy atom. The molecule has 1 aliphatic rings. The molecule has 10 heteroatoms. The van der Waals surface area contributed by atoms with Crippen molar-refractivity contribution in [3.05, 3.63) is 65.7 Å². The highest BCUT2D eigenvalue weighted by Gasteiger charge is 2.28. The van der Waals surface area contributed by atoms with Crippen LogP contribution in [0.3, 0.4) is 0 Å². The van der Waals surface area contributed by atoms with Gasteiger partial charge in [0.1, 0.15) is 17.8 Å². The summed E-state index contributed by atoms with van der Waals surface area (Å²) < 4.78 is 0. The van der Waals surface area contributed by atoms with Crippen molar-refractivity contribution in [2.24, 2.45) is 5.73 Å². The molecule has 1 saturated heterocycles. The minimum Gasteiger partial charge on any atom is -0.508 e. The van der Waals surface area contributed by atoms with Gasteiger partial charge in [-0.15, -0.1) is 0 Å². The van der Waals surface area contributed by atoms with Crippen LogP contribution in [-0.4, -0.2) is 60.0 Å². The fourth-order valence-corrected chi connectivity index (χ4v) is 4.07. The predicted octanol–water partition coefficient (Wildman–Crippen LogP) is 0.281. The van der Waals surface area contributed by atoms with Gasteiger partial charge in [-0.05, 0) is 48.9 Å². The SMILES string of the molecule is N[C@@H](Cc1ccccc1)C(=O)N[C@H]1CCCCNC(=O)CCNC(=O)[C@H](Cc2ccc(O)cc2)NC1=O. The molecule has 0 bridgehead atoms. The molecule has 3 atom stereocenters. The Balaban J connectivity index is 1.73. The number of nitrogens with one attached hydrogen (secondary N) is 4. The number of hydrogen-bond acceptors (Lipinski definition) is 6. The summed E-state index contributed by atoms with van der Waals surface area (Å²) in [6.45, 7) is 0.563. The highest BCUT2D eigenvalue weighted by molar-refractivity contribution is 5.93. The van der Waals surface area contributed by atoms with E-state index >= 15 is 0 Å². The van der Waals surface area contributed by atoms with Gasteiger partial charge in [0, 0.05) is 25.9 Å². The minimum atomic E-state index is -0.944. The third-order valence-corrected chi connectivity index (χ3v) is 6.17. The van der Waals surface area contributed by atoms with Crippen LogP contribution in [0.15, 0.2) is 54.6 Å². The highest BCUT2D eigenvalue weighted by Crippen LogP contribution is 2.12. The van der Waals surface area contributed by atoms with Gasteiger partial charge in [-0.1, -0.05) is 42.5 Å². The van der Waals surface area contributed by atoms with E-state index < -0.39 is 35.8 Å². The molecule has 0 spiro atoms. The van der Waals surface area contributed by atoms with Gasteiger partial charge in [-0.2, -0.15) is 0 Å². The molecule has 0 saturated carbocycles. The van der Waals surface area contributed by atoms with E-state index in [1.54, 1.807) is 12.1 Å². The number of aromatic hydroxyl groups is 1. The predicted molar refractivity (Wildman–Crippen MR) is 138 cm³/mol. The minimum absolute atomic E-state index is 0.0869. The monoisotopic (exact) mass is 509 g/mol. The molecule has 198 valence electrons. The molecule has 10 nitrogen and oxygen atoms in total. The molecule has 0 unspecified atom stereocenters. The van der Waals surface area contributed by atoms with Crippen molar-refractivity contribution in [2.75, 3.05) is 13.1 Å². The number of benzene rings is 2. The Morgan fingerprint density at radius 2 is 1.68 bits per heavy atom. The quantitative estimate of drug-likeness (QED) is 0.328. The van der Waals surface area contributed by atoms with Crippen molar-refractivity contribution in [3.63, 3.8) is 0 Å². The van der Waals surface area contributed by atoms with Crippen LogP contribution in [-0.2, 0) is 32.0 Å². The maximum absolute atomic E-state index is 13.3.